The van der Waals surface area contributed by atoms with E-state index in [0.29, 0.717) is 35.8 Å². The van der Waals surface area contributed by atoms with Gasteiger partial charge < -0.3 is 10.0 Å². The predicted octanol–water partition coefficient (Wildman–Crippen LogP) is 4.92. The van der Waals surface area contributed by atoms with Crippen LogP contribution in [0.4, 0.5) is 0 Å². The Morgan fingerprint density at radius 3 is 1.84 bits per heavy atom. The van der Waals surface area contributed by atoms with Crippen molar-refractivity contribution in [2.45, 2.75) is 82.4 Å². The van der Waals surface area contributed by atoms with Crippen molar-refractivity contribution in [3.05, 3.63) is 35.9 Å². The first-order valence-corrected chi connectivity index (χ1v) is 11.7. The van der Waals surface area contributed by atoms with E-state index in [2.05, 4.69) is 59.7 Å². The molecule has 0 aliphatic rings. The van der Waals surface area contributed by atoms with Gasteiger partial charge >= 0.3 is 7.12 Å². The van der Waals surface area contributed by atoms with Crippen molar-refractivity contribution in [3.8, 4) is 6.07 Å². The zero-order valence-corrected chi connectivity index (χ0v) is 17.7. The summed E-state index contributed by atoms with van der Waals surface area (Å²) in [5.74, 6) is 0. The van der Waals surface area contributed by atoms with Gasteiger partial charge in [-0.1, -0.05) is 78.3 Å². The Morgan fingerprint density at radius 2 is 1.48 bits per heavy atom. The second-order valence-corrected chi connectivity index (χ2v) is 14.3. The van der Waals surface area contributed by atoms with Gasteiger partial charge in [-0.3, -0.25) is 0 Å². The molecule has 3 nitrogen and oxygen atoms in total. The summed E-state index contributed by atoms with van der Waals surface area (Å²) in [4.78, 5) is 0. The molecule has 1 aromatic rings. The summed E-state index contributed by atoms with van der Waals surface area (Å²) in [5.41, 5.74) is 2.46. The third-order valence-corrected chi connectivity index (χ3v) is 13.9. The second-order valence-electron chi connectivity index (χ2n) is 8.15. The molecule has 25 heavy (non-hydrogen) atoms. The molecule has 0 spiro atoms. The van der Waals surface area contributed by atoms with Gasteiger partial charge in [-0.25, -0.2) is 0 Å². The molecule has 1 unspecified atom stereocenters. The summed E-state index contributed by atoms with van der Waals surface area (Å²) in [7, 11) is -3.45. The summed E-state index contributed by atoms with van der Waals surface area (Å²) < 4.78 is 0. The monoisotopic (exact) mass is 359 g/mol. The average Bonchev–Trinajstić information content (AvgIpc) is 2.53. The third-order valence-electron chi connectivity index (χ3n) is 6.08. The Balaban J connectivity index is 3.64. The maximum Gasteiger partial charge on any atom is 0.451 e. The molecule has 1 rings (SSSR count). The van der Waals surface area contributed by atoms with E-state index in [1.165, 1.54) is 0 Å². The molecule has 0 aromatic heterocycles. The van der Waals surface area contributed by atoms with E-state index < -0.39 is 20.2 Å². The lowest BCUT2D eigenvalue weighted by molar-refractivity contribution is 0.400. The first-order chi connectivity index (χ1) is 11.7. The van der Waals surface area contributed by atoms with E-state index in [9.17, 15) is 15.3 Å². The fourth-order valence-corrected chi connectivity index (χ4v) is 14.0. The Bertz CT molecular complexity index is 547. The van der Waals surface area contributed by atoms with Crippen molar-refractivity contribution in [1.82, 2.24) is 0 Å². The lowest BCUT2D eigenvalue weighted by Gasteiger charge is -2.54. The van der Waals surface area contributed by atoms with Crippen molar-refractivity contribution in [1.29, 1.82) is 5.26 Å². The molecule has 0 aliphatic carbocycles. The molecule has 0 heterocycles. The number of benzene rings is 1. The lowest BCUT2D eigenvalue weighted by atomic mass is 9.81. The molecule has 2 N–H and O–H groups in total. The van der Waals surface area contributed by atoms with Crippen LogP contribution in [0, 0.1) is 11.3 Å². The highest BCUT2D eigenvalue weighted by Gasteiger charge is 2.59. The van der Waals surface area contributed by atoms with E-state index >= 15 is 0 Å². The van der Waals surface area contributed by atoms with Crippen LogP contribution in [0.1, 0.15) is 59.9 Å². The Labute approximate surface area is 155 Å². The molecule has 5 heteroatoms. The highest BCUT2D eigenvalue weighted by Crippen LogP contribution is 2.55. The van der Waals surface area contributed by atoms with Crippen LogP contribution >= 0.6 is 0 Å². The molecular formula is C20H34BNO2Si. The Kier molecular flexibility index (Phi) is 7.93. The summed E-state index contributed by atoms with van der Waals surface area (Å²) in [6.45, 7) is 13.7. The number of hydrogen-bond donors (Lipinski definition) is 2. The van der Waals surface area contributed by atoms with Gasteiger partial charge in [-0.05, 0) is 34.9 Å². The van der Waals surface area contributed by atoms with Crippen LogP contribution in [0.25, 0.3) is 0 Å². The van der Waals surface area contributed by atoms with E-state index in [1.807, 2.05) is 18.2 Å². The minimum atomic E-state index is -2.14. The van der Waals surface area contributed by atoms with Crippen molar-refractivity contribution in [2.75, 3.05) is 0 Å². The summed E-state index contributed by atoms with van der Waals surface area (Å²) in [6, 6.07) is 13.0. The molecule has 138 valence electrons. The summed E-state index contributed by atoms with van der Waals surface area (Å²) >= 11 is 0. The first-order valence-electron chi connectivity index (χ1n) is 9.49. The van der Waals surface area contributed by atoms with Crippen LogP contribution < -0.4 is 0 Å². The molecule has 0 fully saturated rings. The van der Waals surface area contributed by atoms with Gasteiger partial charge in [-0.2, -0.15) is 5.26 Å². The maximum absolute atomic E-state index is 10.5. The van der Waals surface area contributed by atoms with Crippen LogP contribution in [0.3, 0.4) is 0 Å². The van der Waals surface area contributed by atoms with Crippen LogP contribution in [-0.4, -0.2) is 25.2 Å². The predicted molar refractivity (Wildman–Crippen MR) is 109 cm³/mol. The van der Waals surface area contributed by atoms with Gasteiger partial charge in [0.15, 0.2) is 0 Å². The SMILES string of the molecule is CC(C)[Si](C(C)C)(C(C)C)C(C#N)(CCCB(O)O)c1ccccc1. The minimum Gasteiger partial charge on any atom is -0.427 e. The van der Waals surface area contributed by atoms with Crippen LogP contribution in [0.2, 0.25) is 22.9 Å². The molecule has 1 atom stereocenters. The van der Waals surface area contributed by atoms with Crippen molar-refractivity contribution in [2.24, 2.45) is 0 Å². The molecule has 1 aromatic carbocycles. The lowest BCUT2D eigenvalue weighted by Crippen LogP contribution is -2.61. The van der Waals surface area contributed by atoms with E-state index in [1.54, 1.807) is 0 Å². The topological polar surface area (TPSA) is 64.2 Å². The quantitative estimate of drug-likeness (QED) is 0.615. The molecular weight excluding hydrogens is 325 g/mol. The zero-order valence-electron chi connectivity index (χ0n) is 16.7. The van der Waals surface area contributed by atoms with Crippen molar-refractivity contribution < 1.29 is 10.0 Å². The number of rotatable bonds is 9. The number of nitrogens with zero attached hydrogens (tertiary/aromatic N) is 1. The van der Waals surface area contributed by atoms with Crippen LogP contribution in [-0.2, 0) is 5.04 Å². The van der Waals surface area contributed by atoms with Gasteiger partial charge in [0.25, 0.3) is 0 Å². The number of nitriles is 1. The van der Waals surface area contributed by atoms with Crippen LogP contribution in [0.5, 0.6) is 0 Å². The third kappa shape index (κ3) is 4.02. The van der Waals surface area contributed by atoms with E-state index in [0.717, 1.165) is 5.56 Å². The molecule has 0 saturated heterocycles. The maximum atomic E-state index is 10.5. The van der Waals surface area contributed by atoms with E-state index in [4.69, 9.17) is 0 Å². The van der Waals surface area contributed by atoms with Crippen molar-refractivity contribution in [3.63, 3.8) is 0 Å². The highest BCUT2D eigenvalue weighted by molar-refractivity contribution is 6.86. The van der Waals surface area contributed by atoms with Gasteiger partial charge in [-0.15, -0.1) is 0 Å². The minimum absolute atomic E-state index is 0.315. The smallest absolute Gasteiger partial charge is 0.427 e. The zero-order chi connectivity index (χ0) is 19.3. The second kappa shape index (κ2) is 9.03. The van der Waals surface area contributed by atoms with E-state index in [-0.39, 0.29) is 0 Å². The normalized spacial score (nSPS) is 14.6. The molecule has 0 radical (unpaired) electrons. The Morgan fingerprint density at radius 1 is 1.00 bits per heavy atom. The van der Waals surface area contributed by atoms with Gasteiger partial charge in [0.1, 0.15) is 0 Å². The summed E-state index contributed by atoms with van der Waals surface area (Å²) in [6.07, 6.45) is 1.64. The van der Waals surface area contributed by atoms with Gasteiger partial charge in [0.2, 0.25) is 0 Å². The standard InChI is InChI=1S/C20H34BNO2Si/c1-16(2)25(17(3)4,18(5)6)20(15-22,13-10-14-21(23)24)19-11-8-7-9-12-19/h7-9,11-12,16-18,23-24H,10,13-14H2,1-6H3. The molecule has 0 aliphatic heterocycles. The van der Waals surface area contributed by atoms with Gasteiger partial charge in [0.05, 0.1) is 19.2 Å². The summed E-state index contributed by atoms with van der Waals surface area (Å²) in [5, 5.41) is 28.6. The average molecular weight is 359 g/mol. The highest BCUT2D eigenvalue weighted by atomic mass is 28.3. The van der Waals surface area contributed by atoms with Crippen molar-refractivity contribution >= 4 is 15.2 Å². The molecule has 0 saturated carbocycles. The fourth-order valence-electron chi connectivity index (χ4n) is 5.58. The Hall–Kier alpha value is -1.09. The van der Waals surface area contributed by atoms with Gasteiger partial charge in [0, 0.05) is 0 Å². The molecule has 0 amide bonds. The first kappa shape index (κ1) is 22.0. The number of hydrogen-bond acceptors (Lipinski definition) is 3. The fraction of sp³-hybridized carbons (Fsp3) is 0.650. The largest absolute Gasteiger partial charge is 0.451 e. The van der Waals surface area contributed by atoms with Crippen LogP contribution in [0.15, 0.2) is 30.3 Å². The molecule has 0 bridgehead atoms.